The fraction of sp³-hybridized carbons (Fsp3) is 0.873. The second kappa shape index (κ2) is 22.6. The van der Waals surface area contributed by atoms with Crippen molar-refractivity contribution in [1.29, 1.82) is 0 Å². The van der Waals surface area contributed by atoms with Crippen LogP contribution < -0.4 is 0 Å². The van der Waals surface area contributed by atoms with Crippen LogP contribution in [0.2, 0.25) is 0 Å². The summed E-state index contributed by atoms with van der Waals surface area (Å²) in [6, 6.07) is 0. The van der Waals surface area contributed by atoms with Crippen LogP contribution in [0.15, 0.2) is 23.3 Å². The van der Waals surface area contributed by atoms with E-state index in [2.05, 4.69) is 26.8 Å². The average molecular weight is 1130 g/mol. The standard InChI is InChI=1S/C55H86O24/c1-10-23(2)46(71)79-43-44(72-24(3)60)55(22-59)26(17-50(43,4)5)25-11-12-30-51(6)15-14-32(52(7,21-58)29(51)13-16-53(30,8)54(25,9)18-31(55)61)75-49-41(77-48-38(67)36(65)34(63)28(20-57)74-48)39(68)40(42(78-49)45(69)70)76-47-37(66)35(64)33(62)27(19-56)73-47/h10-11,26-44,47-49,56-59,61-68H,12-22H2,1-9H3,(H,69,70)/b23-10+/t26-,27+,28+,29?,30+,31-,32-,33+,34+,35+,36+,37+,38+,39+,40-,41+,42-,43+,44-,47+,48+,49-,51+,52+,53-,54-,55+/m0/s1. The molecule has 3 saturated heterocycles. The number of carboxylic acid groups (broad SMARTS) is 1. The van der Waals surface area contributed by atoms with E-state index in [1.165, 1.54) is 6.92 Å². The molecule has 0 aromatic heterocycles. The Morgan fingerprint density at radius 3 is 1.76 bits per heavy atom. The molecule has 1 unspecified atom stereocenters. The third kappa shape index (κ3) is 9.94. The average Bonchev–Trinajstić information content (AvgIpc) is 3.27. The van der Waals surface area contributed by atoms with Gasteiger partial charge in [0.1, 0.15) is 79.4 Å². The third-order valence-electron chi connectivity index (χ3n) is 21.1. The quantitative estimate of drug-likeness (QED) is 0.0415. The summed E-state index contributed by atoms with van der Waals surface area (Å²) in [5.74, 6) is -3.88. The second-order valence-corrected chi connectivity index (χ2v) is 25.5. The number of hydrogen-bond donors (Lipinski definition) is 13. The number of aliphatic hydroxyl groups is 12. The van der Waals surface area contributed by atoms with Gasteiger partial charge in [0, 0.05) is 23.3 Å². The largest absolute Gasteiger partial charge is 0.479 e. The molecule has 3 heterocycles. The van der Waals surface area contributed by atoms with Crippen LogP contribution in [-0.2, 0) is 52.3 Å². The maximum Gasteiger partial charge on any atom is 0.335 e. The van der Waals surface area contributed by atoms with Crippen LogP contribution in [0, 0.1) is 50.2 Å². The molecule has 450 valence electrons. The molecule has 0 spiro atoms. The molecule has 0 radical (unpaired) electrons. The zero-order valence-corrected chi connectivity index (χ0v) is 46.4. The molecule has 27 atom stereocenters. The van der Waals surface area contributed by atoms with Crippen molar-refractivity contribution in [1.82, 2.24) is 0 Å². The molecular weight excluding hydrogens is 1040 g/mol. The second-order valence-electron chi connectivity index (χ2n) is 25.5. The van der Waals surface area contributed by atoms with E-state index in [0.29, 0.717) is 37.7 Å². The third-order valence-corrected chi connectivity index (χ3v) is 21.1. The molecule has 4 saturated carbocycles. The van der Waals surface area contributed by atoms with Crippen LogP contribution in [0.3, 0.4) is 0 Å². The summed E-state index contributed by atoms with van der Waals surface area (Å²) in [6.07, 6.45) is -26.5. The molecule has 0 aromatic rings. The van der Waals surface area contributed by atoms with Crippen LogP contribution >= 0.6 is 0 Å². The van der Waals surface area contributed by atoms with Gasteiger partial charge in [0.2, 0.25) is 0 Å². The first-order valence-electron chi connectivity index (χ1n) is 27.7. The molecule has 3 aliphatic heterocycles. The first-order valence-corrected chi connectivity index (χ1v) is 27.7. The monoisotopic (exact) mass is 1130 g/mol. The van der Waals surface area contributed by atoms with Crippen LogP contribution in [-0.4, -0.2) is 227 Å². The van der Waals surface area contributed by atoms with Crippen molar-refractivity contribution in [2.75, 3.05) is 26.4 Å². The number of ether oxygens (including phenoxy) is 8. The highest BCUT2D eigenvalue weighted by atomic mass is 16.8. The molecule has 5 aliphatic carbocycles. The predicted molar refractivity (Wildman–Crippen MR) is 269 cm³/mol. The zero-order valence-electron chi connectivity index (χ0n) is 46.4. The van der Waals surface area contributed by atoms with Crippen molar-refractivity contribution in [2.45, 2.75) is 224 Å². The lowest BCUT2D eigenvalue weighted by molar-refractivity contribution is -0.392. The molecule has 13 N–H and O–H groups in total. The zero-order chi connectivity index (χ0) is 58.4. The van der Waals surface area contributed by atoms with Gasteiger partial charge in [-0.3, -0.25) is 4.79 Å². The van der Waals surface area contributed by atoms with Crippen molar-refractivity contribution in [2.24, 2.45) is 50.2 Å². The summed E-state index contributed by atoms with van der Waals surface area (Å²) in [6.45, 7) is 14.1. The summed E-state index contributed by atoms with van der Waals surface area (Å²) >= 11 is 0. The molecule has 8 aliphatic rings. The van der Waals surface area contributed by atoms with Gasteiger partial charge < -0.3 is 104 Å². The SMILES string of the molecule is C/C=C(\C)C(=O)O[C@@H]1[C@H](OC(C)=O)[C@@]2(CO)[C@@H](O)C[C@@]3(C)C(=CC[C@H]4[C@]3(C)CCC3[C@@](C)(CO)[C@@H](O[C@H]5O[C@H](C(=O)O)[C@@H](O[C@H]6O[C@H](CO)[C@@H](O)[C@@H](O)[C@H]6O)[C@@H](O)[C@H]5O[C@H]5O[C@H](CO)[C@@H](O)[C@@H](O)[C@H]5O)CC[C@]34C)[C@@H]2CC1(C)C. The van der Waals surface area contributed by atoms with Gasteiger partial charge in [0.25, 0.3) is 0 Å². The van der Waals surface area contributed by atoms with Gasteiger partial charge in [-0.05, 0) is 92.8 Å². The van der Waals surface area contributed by atoms with E-state index >= 15 is 0 Å². The maximum absolute atomic E-state index is 13.4. The Morgan fingerprint density at radius 1 is 0.658 bits per heavy atom. The van der Waals surface area contributed by atoms with E-state index in [1.54, 1.807) is 19.9 Å². The van der Waals surface area contributed by atoms with Gasteiger partial charge >= 0.3 is 17.9 Å². The first-order chi connectivity index (χ1) is 36.9. The number of hydrogen-bond acceptors (Lipinski definition) is 23. The number of rotatable bonds is 14. The Bertz CT molecular complexity index is 2290. The Kier molecular flexibility index (Phi) is 17.8. The fourth-order valence-electron chi connectivity index (χ4n) is 16.2. The van der Waals surface area contributed by atoms with E-state index in [1.807, 2.05) is 20.8 Å². The molecule has 24 nitrogen and oxygen atoms in total. The number of esters is 2. The van der Waals surface area contributed by atoms with Crippen LogP contribution in [0.25, 0.3) is 0 Å². The summed E-state index contributed by atoms with van der Waals surface area (Å²) < 4.78 is 48.2. The van der Waals surface area contributed by atoms with E-state index in [-0.39, 0.29) is 24.7 Å². The van der Waals surface area contributed by atoms with Crippen molar-refractivity contribution < 1.29 is 119 Å². The van der Waals surface area contributed by atoms with Crippen LogP contribution in [0.4, 0.5) is 0 Å². The maximum atomic E-state index is 13.4. The van der Waals surface area contributed by atoms with Crippen molar-refractivity contribution >= 4 is 17.9 Å². The smallest absolute Gasteiger partial charge is 0.335 e. The Morgan fingerprint density at radius 2 is 1.24 bits per heavy atom. The molecule has 0 aromatic carbocycles. The van der Waals surface area contributed by atoms with Gasteiger partial charge in [-0.15, -0.1) is 0 Å². The normalized spacial score (nSPS) is 50.6. The molecule has 7 fully saturated rings. The Hall–Kier alpha value is -2.83. The van der Waals surface area contributed by atoms with Crippen LogP contribution in [0.5, 0.6) is 0 Å². The van der Waals surface area contributed by atoms with E-state index in [4.69, 9.17) is 37.9 Å². The van der Waals surface area contributed by atoms with Crippen molar-refractivity contribution in [3.05, 3.63) is 23.3 Å². The molecule has 24 heteroatoms. The van der Waals surface area contributed by atoms with Crippen LogP contribution in [0.1, 0.15) is 107 Å². The van der Waals surface area contributed by atoms with E-state index in [0.717, 1.165) is 5.57 Å². The predicted octanol–water partition coefficient (Wildman–Crippen LogP) is -1.32. The number of carbonyl (C=O) groups is 3. The van der Waals surface area contributed by atoms with Gasteiger partial charge in [0.05, 0.1) is 44.1 Å². The van der Waals surface area contributed by atoms with Gasteiger partial charge in [0.15, 0.2) is 25.0 Å². The Balaban J connectivity index is 1.12. The molecule has 0 amide bonds. The number of allylic oxidation sites excluding steroid dienone is 3. The summed E-state index contributed by atoms with van der Waals surface area (Å²) in [4.78, 5) is 39.5. The summed E-state index contributed by atoms with van der Waals surface area (Å²) in [5, 5.41) is 143. The minimum absolute atomic E-state index is 0.0849. The highest BCUT2D eigenvalue weighted by Gasteiger charge is 2.74. The lowest BCUT2D eigenvalue weighted by Gasteiger charge is -2.72. The van der Waals surface area contributed by atoms with E-state index in [9.17, 15) is 80.8 Å². The van der Waals surface area contributed by atoms with Gasteiger partial charge in [-0.2, -0.15) is 0 Å². The van der Waals surface area contributed by atoms with Gasteiger partial charge in [-0.1, -0.05) is 59.3 Å². The van der Waals surface area contributed by atoms with Crippen molar-refractivity contribution in [3.63, 3.8) is 0 Å². The van der Waals surface area contributed by atoms with Gasteiger partial charge in [-0.25, -0.2) is 9.59 Å². The number of fused-ring (bicyclic) bond motifs is 7. The molecule has 8 rings (SSSR count). The minimum Gasteiger partial charge on any atom is -0.479 e. The highest BCUT2D eigenvalue weighted by molar-refractivity contribution is 5.87. The summed E-state index contributed by atoms with van der Waals surface area (Å²) in [7, 11) is 0. The number of carboxylic acids is 1. The topological polar surface area (TPSA) is 388 Å². The lowest BCUT2D eigenvalue weighted by Crippen LogP contribution is -2.72. The van der Waals surface area contributed by atoms with Crippen molar-refractivity contribution in [3.8, 4) is 0 Å². The highest BCUT2D eigenvalue weighted by Crippen LogP contribution is 2.76. The first kappa shape index (κ1) is 62.2. The fourth-order valence-corrected chi connectivity index (χ4v) is 16.2. The lowest BCUT2D eigenvalue weighted by atomic mass is 9.33. The molecular formula is C55H86O24. The number of aliphatic carboxylic acids is 1. The summed E-state index contributed by atoms with van der Waals surface area (Å²) in [5.41, 5.74) is -3.78. The molecule has 79 heavy (non-hydrogen) atoms. The Labute approximate surface area is 459 Å². The molecule has 0 bridgehead atoms. The number of carbonyl (C=O) groups excluding carboxylic acids is 2. The van der Waals surface area contributed by atoms with E-state index < -0.39 is 199 Å². The number of aliphatic hydroxyl groups excluding tert-OH is 12. The minimum atomic E-state index is -2.18.